The van der Waals surface area contributed by atoms with Gasteiger partial charge in [-0.1, -0.05) is 12.2 Å². The van der Waals surface area contributed by atoms with E-state index in [1.165, 1.54) is 4.90 Å². The fraction of sp³-hybridized carbons (Fsp3) is 0.714. The number of ether oxygens (including phenoxy) is 1. The molecule has 2 amide bonds. The minimum Gasteiger partial charge on any atom is -0.444 e. The van der Waals surface area contributed by atoms with Gasteiger partial charge in [0.15, 0.2) is 0 Å². The Morgan fingerprint density at radius 1 is 1.21 bits per heavy atom. The van der Waals surface area contributed by atoms with Crippen LogP contribution in [0.15, 0.2) is 12.2 Å². The summed E-state index contributed by atoms with van der Waals surface area (Å²) >= 11 is 0. The van der Waals surface area contributed by atoms with E-state index in [4.69, 9.17) is 4.74 Å². The molecule has 5 nitrogen and oxygen atoms in total. The smallest absolute Gasteiger partial charge is 0.408 e. The fourth-order valence-corrected chi connectivity index (χ4v) is 1.29. The van der Waals surface area contributed by atoms with E-state index in [0.717, 1.165) is 0 Å². The average Bonchev–Trinajstić information content (AvgIpc) is 2.12. The number of amides is 2. The van der Waals surface area contributed by atoms with Crippen LogP contribution in [-0.4, -0.2) is 42.1 Å². The van der Waals surface area contributed by atoms with E-state index in [0.29, 0.717) is 5.57 Å². The number of hydrogen-bond donors (Lipinski definition) is 1. The third-order valence-corrected chi connectivity index (χ3v) is 2.72. The lowest BCUT2D eigenvalue weighted by molar-refractivity contribution is -0.129. The minimum atomic E-state index is -0.816. The topological polar surface area (TPSA) is 58.6 Å². The second-order valence-electron chi connectivity index (χ2n) is 6.20. The molecule has 0 bridgehead atoms. The molecule has 0 aliphatic rings. The molecule has 1 N–H and O–H groups in total. The molecular formula is C14H26N2O3. The molecule has 0 rings (SSSR count). The maximum absolute atomic E-state index is 11.8. The first kappa shape index (κ1) is 17.5. The Bertz CT molecular complexity index is 369. The molecule has 5 heteroatoms. The van der Waals surface area contributed by atoms with Gasteiger partial charge in [0.2, 0.25) is 5.91 Å². The van der Waals surface area contributed by atoms with E-state index in [-0.39, 0.29) is 12.3 Å². The van der Waals surface area contributed by atoms with Crippen molar-refractivity contribution in [2.45, 2.75) is 52.2 Å². The van der Waals surface area contributed by atoms with Crippen LogP contribution in [0.5, 0.6) is 0 Å². The Hall–Kier alpha value is -1.52. The predicted octanol–water partition coefficient (Wildman–Crippen LogP) is 2.32. The number of carbonyl (C=O) groups is 2. The van der Waals surface area contributed by atoms with Gasteiger partial charge >= 0.3 is 6.09 Å². The predicted molar refractivity (Wildman–Crippen MR) is 75.9 cm³/mol. The van der Waals surface area contributed by atoms with Gasteiger partial charge in [-0.05, 0) is 34.6 Å². The number of nitrogens with one attached hydrogen (secondary N) is 1. The zero-order valence-corrected chi connectivity index (χ0v) is 13.1. The molecule has 0 fully saturated rings. The molecule has 0 saturated heterocycles. The summed E-state index contributed by atoms with van der Waals surface area (Å²) in [4.78, 5) is 25.1. The number of carbonyl (C=O) groups excluding carboxylic acids is 2. The van der Waals surface area contributed by atoms with E-state index in [1.807, 2.05) is 0 Å². The summed E-state index contributed by atoms with van der Waals surface area (Å²) in [7, 11) is 3.35. The number of nitrogens with zero attached hydrogens (tertiary/aromatic N) is 1. The third-order valence-electron chi connectivity index (χ3n) is 2.72. The van der Waals surface area contributed by atoms with Crippen molar-refractivity contribution in [1.29, 1.82) is 0 Å². The molecule has 0 unspecified atom stereocenters. The van der Waals surface area contributed by atoms with Crippen LogP contribution in [0, 0.1) is 0 Å². The summed E-state index contributed by atoms with van der Waals surface area (Å²) in [5, 5.41) is 2.73. The first-order valence-corrected chi connectivity index (χ1v) is 6.25. The lowest BCUT2D eigenvalue weighted by Gasteiger charge is -2.33. The second-order valence-corrected chi connectivity index (χ2v) is 6.20. The van der Waals surface area contributed by atoms with Crippen LogP contribution in [-0.2, 0) is 9.53 Å². The van der Waals surface area contributed by atoms with Gasteiger partial charge in [0.05, 0.1) is 12.0 Å². The maximum atomic E-state index is 11.8. The number of rotatable bonds is 4. The highest BCUT2D eigenvalue weighted by atomic mass is 16.6. The molecule has 0 aromatic carbocycles. The molecular weight excluding hydrogens is 244 g/mol. The summed E-state index contributed by atoms with van der Waals surface area (Å²) in [6.07, 6.45) is -0.404. The van der Waals surface area contributed by atoms with Gasteiger partial charge < -0.3 is 15.0 Å². The largest absolute Gasteiger partial charge is 0.444 e. The number of alkyl carbamates (subject to hydrolysis) is 1. The Morgan fingerprint density at radius 2 is 1.68 bits per heavy atom. The van der Waals surface area contributed by atoms with E-state index in [2.05, 4.69) is 11.9 Å². The molecule has 0 aromatic heterocycles. The van der Waals surface area contributed by atoms with Gasteiger partial charge in [-0.3, -0.25) is 4.79 Å². The van der Waals surface area contributed by atoms with Crippen molar-refractivity contribution in [2.75, 3.05) is 14.1 Å². The van der Waals surface area contributed by atoms with Crippen molar-refractivity contribution >= 4 is 12.0 Å². The Balaban J connectivity index is 4.87. The molecule has 0 heterocycles. The zero-order chi connectivity index (χ0) is 15.4. The van der Waals surface area contributed by atoms with E-state index in [9.17, 15) is 9.59 Å². The summed E-state index contributed by atoms with van der Waals surface area (Å²) in [5.74, 6) is -0.0819. The summed E-state index contributed by atoms with van der Waals surface area (Å²) in [6.45, 7) is 12.8. The molecule has 0 aliphatic carbocycles. The fourth-order valence-electron chi connectivity index (χ4n) is 1.29. The summed E-state index contributed by atoms with van der Waals surface area (Å²) in [6, 6.07) is 0. The normalized spacial score (nSPS) is 14.3. The summed E-state index contributed by atoms with van der Waals surface area (Å²) in [5.41, 5.74) is -0.691. The van der Waals surface area contributed by atoms with Gasteiger partial charge in [-0.25, -0.2) is 4.79 Å². The van der Waals surface area contributed by atoms with Crippen molar-refractivity contribution in [3.63, 3.8) is 0 Å². The molecule has 19 heavy (non-hydrogen) atoms. The molecule has 0 radical (unpaired) electrons. The summed E-state index contributed by atoms with van der Waals surface area (Å²) < 4.78 is 5.21. The van der Waals surface area contributed by atoms with Gasteiger partial charge in [0, 0.05) is 14.1 Å². The SMILES string of the molecule is C=C(C)[C@](C)(CC(=O)N(C)C)NC(=O)OC(C)(C)C. The van der Waals surface area contributed by atoms with Crippen LogP contribution in [0.2, 0.25) is 0 Å². The van der Waals surface area contributed by atoms with Crippen LogP contribution in [0.25, 0.3) is 0 Å². The maximum Gasteiger partial charge on any atom is 0.408 e. The van der Waals surface area contributed by atoms with Crippen molar-refractivity contribution < 1.29 is 14.3 Å². The van der Waals surface area contributed by atoms with E-state index >= 15 is 0 Å². The monoisotopic (exact) mass is 270 g/mol. The highest BCUT2D eigenvalue weighted by Crippen LogP contribution is 2.21. The van der Waals surface area contributed by atoms with Crippen LogP contribution in [0.1, 0.15) is 41.0 Å². The third kappa shape index (κ3) is 6.27. The molecule has 1 atom stereocenters. The Morgan fingerprint density at radius 3 is 2.00 bits per heavy atom. The number of hydrogen-bond acceptors (Lipinski definition) is 3. The van der Waals surface area contributed by atoms with Crippen molar-refractivity contribution in [3.05, 3.63) is 12.2 Å². The molecule has 0 saturated carbocycles. The second kappa shape index (κ2) is 6.08. The van der Waals surface area contributed by atoms with Crippen LogP contribution < -0.4 is 5.32 Å². The van der Waals surface area contributed by atoms with Gasteiger partial charge in [0.25, 0.3) is 0 Å². The van der Waals surface area contributed by atoms with Crippen molar-refractivity contribution in [2.24, 2.45) is 0 Å². The van der Waals surface area contributed by atoms with Crippen LogP contribution in [0.3, 0.4) is 0 Å². The van der Waals surface area contributed by atoms with Gasteiger partial charge in [-0.2, -0.15) is 0 Å². The lowest BCUT2D eigenvalue weighted by atomic mass is 9.90. The van der Waals surface area contributed by atoms with E-state index in [1.54, 1.807) is 48.7 Å². The minimum absolute atomic E-state index is 0.0819. The van der Waals surface area contributed by atoms with Gasteiger partial charge in [-0.15, -0.1) is 0 Å². The molecule has 0 aromatic rings. The van der Waals surface area contributed by atoms with Crippen molar-refractivity contribution in [1.82, 2.24) is 10.2 Å². The lowest BCUT2D eigenvalue weighted by Crippen LogP contribution is -2.51. The van der Waals surface area contributed by atoms with Crippen LogP contribution in [0.4, 0.5) is 4.79 Å². The molecule has 0 aliphatic heterocycles. The highest BCUT2D eigenvalue weighted by molar-refractivity contribution is 5.79. The first-order chi connectivity index (χ1) is 8.37. The zero-order valence-electron chi connectivity index (χ0n) is 13.1. The van der Waals surface area contributed by atoms with Crippen LogP contribution >= 0.6 is 0 Å². The average molecular weight is 270 g/mol. The first-order valence-electron chi connectivity index (χ1n) is 6.25. The van der Waals surface area contributed by atoms with E-state index < -0.39 is 17.2 Å². The Labute approximate surface area is 116 Å². The highest BCUT2D eigenvalue weighted by Gasteiger charge is 2.32. The quantitative estimate of drug-likeness (QED) is 0.798. The van der Waals surface area contributed by atoms with Crippen molar-refractivity contribution in [3.8, 4) is 0 Å². The Kier molecular flexibility index (Phi) is 5.60. The standard InChI is InChI=1S/C14H26N2O3/c1-10(2)14(6,9-11(17)16(7)8)15-12(18)19-13(3,4)5/h1,9H2,2-8H3,(H,15,18)/t14-/m0/s1. The van der Waals surface area contributed by atoms with Gasteiger partial charge in [0.1, 0.15) is 5.60 Å². The molecule has 110 valence electrons. The molecule has 0 spiro atoms.